The summed E-state index contributed by atoms with van der Waals surface area (Å²) in [5.41, 5.74) is 0. The van der Waals surface area contributed by atoms with Gasteiger partial charge in [-0.2, -0.15) is 0 Å². The molecule has 0 N–H and O–H groups in total. The van der Waals surface area contributed by atoms with Gasteiger partial charge in [0.05, 0.1) is 0 Å². The molecule has 3 rings (SSSR count). The summed E-state index contributed by atoms with van der Waals surface area (Å²) >= 11 is 0. The van der Waals surface area contributed by atoms with Gasteiger partial charge in [0.2, 0.25) is 5.91 Å². The summed E-state index contributed by atoms with van der Waals surface area (Å²) in [6.07, 6.45) is 5.47. The van der Waals surface area contributed by atoms with Gasteiger partial charge in [-0.05, 0) is 19.3 Å². The minimum absolute atomic E-state index is 0.265. The lowest BCUT2D eigenvalue weighted by molar-refractivity contribution is -0.136. The number of carbonyl (C=O) groups is 2. The number of fused-ring (bicyclic) bond motifs is 2. The van der Waals surface area contributed by atoms with E-state index in [2.05, 4.69) is 4.90 Å². The third-order valence-corrected chi connectivity index (χ3v) is 4.63. The highest BCUT2D eigenvalue weighted by Crippen LogP contribution is 2.37. The highest BCUT2D eigenvalue weighted by atomic mass is 16.2. The zero-order valence-corrected chi connectivity index (χ0v) is 10.4. The van der Waals surface area contributed by atoms with Crippen molar-refractivity contribution in [1.29, 1.82) is 0 Å². The standard InChI is InChI=1S/C13H20N2O2/c1-14-8-11(4-5-13(14)17)15-9-2-3-10(15)7-12(16)6-9/h9-11H,2-8H2,1H3. The Morgan fingerprint density at radius 1 is 1.00 bits per heavy atom. The van der Waals surface area contributed by atoms with Crippen molar-refractivity contribution in [3.63, 3.8) is 0 Å². The monoisotopic (exact) mass is 236 g/mol. The number of ketones is 1. The van der Waals surface area contributed by atoms with Gasteiger partial charge in [-0.25, -0.2) is 0 Å². The van der Waals surface area contributed by atoms with E-state index in [1.807, 2.05) is 11.9 Å². The number of piperidine rings is 2. The molecule has 3 heterocycles. The van der Waals surface area contributed by atoms with E-state index in [1.54, 1.807) is 0 Å². The molecule has 4 heteroatoms. The van der Waals surface area contributed by atoms with Gasteiger partial charge in [0, 0.05) is 51.0 Å². The number of amides is 1. The highest BCUT2D eigenvalue weighted by molar-refractivity contribution is 5.81. The Balaban J connectivity index is 1.73. The molecule has 17 heavy (non-hydrogen) atoms. The lowest BCUT2D eigenvalue weighted by atomic mass is 9.95. The number of carbonyl (C=O) groups excluding carboxylic acids is 2. The van der Waals surface area contributed by atoms with Crippen molar-refractivity contribution in [1.82, 2.24) is 9.80 Å². The Hall–Kier alpha value is -0.900. The first-order valence-electron chi connectivity index (χ1n) is 6.68. The van der Waals surface area contributed by atoms with Crippen LogP contribution in [0.5, 0.6) is 0 Å². The van der Waals surface area contributed by atoms with Crippen LogP contribution in [0.3, 0.4) is 0 Å². The smallest absolute Gasteiger partial charge is 0.222 e. The van der Waals surface area contributed by atoms with Gasteiger partial charge in [-0.15, -0.1) is 0 Å². The molecule has 3 saturated heterocycles. The Morgan fingerprint density at radius 2 is 1.65 bits per heavy atom. The van der Waals surface area contributed by atoms with Gasteiger partial charge in [0.1, 0.15) is 5.78 Å². The van der Waals surface area contributed by atoms with Gasteiger partial charge in [0.15, 0.2) is 0 Å². The van der Waals surface area contributed by atoms with E-state index in [0.29, 0.717) is 30.3 Å². The van der Waals surface area contributed by atoms with E-state index in [-0.39, 0.29) is 5.91 Å². The van der Waals surface area contributed by atoms with Gasteiger partial charge in [-0.1, -0.05) is 0 Å². The van der Waals surface area contributed by atoms with Gasteiger partial charge >= 0.3 is 0 Å². The molecule has 0 aromatic rings. The first kappa shape index (κ1) is 11.2. The van der Waals surface area contributed by atoms with E-state index in [9.17, 15) is 9.59 Å². The molecule has 3 aliphatic heterocycles. The predicted molar refractivity (Wildman–Crippen MR) is 63.5 cm³/mol. The van der Waals surface area contributed by atoms with E-state index in [4.69, 9.17) is 0 Å². The van der Waals surface area contributed by atoms with Crippen LogP contribution in [0, 0.1) is 0 Å². The Labute approximate surface area is 102 Å². The molecular formula is C13H20N2O2. The van der Waals surface area contributed by atoms with Crippen LogP contribution in [-0.4, -0.2) is 53.2 Å². The van der Waals surface area contributed by atoms with Crippen LogP contribution in [0.2, 0.25) is 0 Å². The molecule has 1 amide bonds. The summed E-state index contributed by atoms with van der Waals surface area (Å²) in [7, 11) is 1.89. The molecule has 3 unspecified atom stereocenters. The van der Waals surface area contributed by atoms with Gasteiger partial charge in [0.25, 0.3) is 0 Å². The number of likely N-dealkylation sites (N-methyl/N-ethyl adjacent to an activating group) is 1. The summed E-state index contributed by atoms with van der Waals surface area (Å²) in [5, 5.41) is 0. The minimum Gasteiger partial charge on any atom is -0.344 e. The summed E-state index contributed by atoms with van der Waals surface area (Å²) in [4.78, 5) is 27.5. The molecule has 2 bridgehead atoms. The fraction of sp³-hybridized carbons (Fsp3) is 0.846. The van der Waals surface area contributed by atoms with E-state index >= 15 is 0 Å². The van der Waals surface area contributed by atoms with Crippen LogP contribution in [0.25, 0.3) is 0 Å². The maximum atomic E-state index is 11.6. The molecule has 3 aliphatic rings. The average molecular weight is 236 g/mol. The van der Waals surface area contributed by atoms with Crippen molar-refractivity contribution >= 4 is 11.7 Å². The second-order valence-corrected chi connectivity index (χ2v) is 5.75. The van der Waals surface area contributed by atoms with Gasteiger partial charge < -0.3 is 4.90 Å². The van der Waals surface area contributed by atoms with Crippen LogP contribution in [0.15, 0.2) is 0 Å². The third kappa shape index (κ3) is 1.88. The molecule has 0 saturated carbocycles. The first-order valence-corrected chi connectivity index (χ1v) is 6.68. The normalized spacial score (nSPS) is 38.9. The molecule has 0 aliphatic carbocycles. The van der Waals surface area contributed by atoms with E-state index < -0.39 is 0 Å². The van der Waals surface area contributed by atoms with Crippen molar-refractivity contribution in [3.8, 4) is 0 Å². The number of hydrogen-bond acceptors (Lipinski definition) is 3. The summed E-state index contributed by atoms with van der Waals surface area (Å²) in [5.74, 6) is 0.704. The maximum Gasteiger partial charge on any atom is 0.222 e. The summed E-state index contributed by atoms with van der Waals surface area (Å²) < 4.78 is 0. The Kier molecular flexibility index (Phi) is 2.69. The number of rotatable bonds is 1. The second kappa shape index (κ2) is 4.09. The van der Waals surface area contributed by atoms with Crippen LogP contribution in [0.4, 0.5) is 0 Å². The fourth-order valence-electron chi connectivity index (χ4n) is 3.83. The Morgan fingerprint density at radius 3 is 2.24 bits per heavy atom. The predicted octanol–water partition coefficient (Wildman–Crippen LogP) is 0.803. The molecule has 0 aromatic carbocycles. The quantitative estimate of drug-likeness (QED) is 0.676. The minimum atomic E-state index is 0.265. The van der Waals surface area contributed by atoms with Crippen LogP contribution in [-0.2, 0) is 9.59 Å². The fourth-order valence-corrected chi connectivity index (χ4v) is 3.83. The number of hydrogen-bond donors (Lipinski definition) is 0. The number of likely N-dealkylation sites (tertiary alicyclic amines) is 1. The zero-order chi connectivity index (χ0) is 12.0. The molecule has 0 aromatic heterocycles. The molecule has 94 valence electrons. The SMILES string of the molecule is CN1CC(N2C3CCC2CC(=O)C3)CCC1=O. The van der Waals surface area contributed by atoms with Crippen LogP contribution < -0.4 is 0 Å². The maximum absolute atomic E-state index is 11.6. The van der Waals surface area contributed by atoms with Crippen molar-refractivity contribution in [2.45, 2.75) is 56.7 Å². The summed E-state index contributed by atoms with van der Waals surface area (Å²) in [6.45, 7) is 0.847. The third-order valence-electron chi connectivity index (χ3n) is 4.63. The second-order valence-electron chi connectivity index (χ2n) is 5.75. The summed E-state index contributed by atoms with van der Waals surface area (Å²) in [6, 6.07) is 1.42. The number of Topliss-reactive ketones (excluding diaryl/α,β-unsaturated/α-hetero) is 1. The van der Waals surface area contributed by atoms with Crippen LogP contribution >= 0.6 is 0 Å². The molecular weight excluding hydrogens is 216 g/mol. The lowest BCUT2D eigenvalue weighted by Gasteiger charge is -2.43. The topological polar surface area (TPSA) is 40.6 Å². The largest absolute Gasteiger partial charge is 0.344 e. The van der Waals surface area contributed by atoms with Crippen molar-refractivity contribution in [2.75, 3.05) is 13.6 Å². The van der Waals surface area contributed by atoms with Crippen molar-refractivity contribution in [3.05, 3.63) is 0 Å². The molecule has 4 nitrogen and oxygen atoms in total. The Bertz CT molecular complexity index is 339. The molecule has 0 radical (unpaired) electrons. The molecule has 0 spiro atoms. The molecule has 3 atom stereocenters. The molecule has 3 fully saturated rings. The van der Waals surface area contributed by atoms with Crippen molar-refractivity contribution < 1.29 is 9.59 Å². The lowest BCUT2D eigenvalue weighted by Crippen LogP contribution is -2.55. The highest BCUT2D eigenvalue weighted by Gasteiger charge is 2.44. The van der Waals surface area contributed by atoms with E-state index in [0.717, 1.165) is 25.8 Å². The first-order chi connectivity index (χ1) is 8.15. The zero-order valence-electron chi connectivity index (χ0n) is 10.4. The van der Waals surface area contributed by atoms with Gasteiger partial charge in [-0.3, -0.25) is 14.5 Å². The number of nitrogens with zero attached hydrogens (tertiary/aromatic N) is 2. The van der Waals surface area contributed by atoms with E-state index in [1.165, 1.54) is 12.8 Å². The van der Waals surface area contributed by atoms with Crippen molar-refractivity contribution in [2.24, 2.45) is 0 Å². The average Bonchev–Trinajstić information content (AvgIpc) is 2.55. The van der Waals surface area contributed by atoms with Crippen LogP contribution in [0.1, 0.15) is 38.5 Å².